The van der Waals surface area contributed by atoms with Gasteiger partial charge in [0.15, 0.2) is 0 Å². The molecule has 0 aromatic rings. The van der Waals surface area contributed by atoms with E-state index < -0.39 is 0 Å². The minimum Gasteiger partial charge on any atom is -0.138 e. The second-order valence-corrected chi connectivity index (χ2v) is 5.91. The van der Waals surface area contributed by atoms with Crippen molar-refractivity contribution in [2.75, 3.05) is 0 Å². The van der Waals surface area contributed by atoms with Gasteiger partial charge >= 0.3 is 0 Å². The fourth-order valence-corrected chi connectivity index (χ4v) is 4.11. The molecule has 2 atom stereocenters. The van der Waals surface area contributed by atoms with Crippen molar-refractivity contribution in [3.63, 3.8) is 0 Å². The van der Waals surface area contributed by atoms with Crippen LogP contribution in [-0.2, 0) is 0 Å². The second kappa shape index (κ2) is 3.31. The van der Waals surface area contributed by atoms with Gasteiger partial charge in [-0.15, -0.1) is 21.0 Å². The molecule has 0 bridgehead atoms. The van der Waals surface area contributed by atoms with Gasteiger partial charge in [0.05, 0.1) is 0 Å². The van der Waals surface area contributed by atoms with Gasteiger partial charge in [0.25, 0.3) is 0 Å². The van der Waals surface area contributed by atoms with E-state index in [0.29, 0.717) is 0 Å². The fraction of sp³-hybridized carbons (Fsp3) is 0. The van der Waals surface area contributed by atoms with Crippen LogP contribution in [0.5, 0.6) is 0 Å². The average Bonchev–Trinajstić information content (AvgIpc) is 2.60. The summed E-state index contributed by atoms with van der Waals surface area (Å²) in [5.41, 5.74) is 0.856. The maximum absolute atomic E-state index is 5.88. The molecule has 0 amide bonds. The van der Waals surface area contributed by atoms with E-state index >= 15 is 0 Å². The zero-order valence-electron chi connectivity index (χ0n) is 7.19. The van der Waals surface area contributed by atoms with Crippen molar-refractivity contribution in [3.8, 4) is 0 Å². The SMILES string of the molecule is [B]C1=C(C2=CC=CS2=C)S(=C)C=C1. The molecule has 0 saturated heterocycles. The van der Waals surface area contributed by atoms with Crippen LogP contribution in [0.2, 0.25) is 0 Å². The van der Waals surface area contributed by atoms with Gasteiger partial charge < -0.3 is 0 Å². The average molecular weight is 204 g/mol. The Hall–Kier alpha value is -0.535. The maximum Gasteiger partial charge on any atom is 0.115 e. The lowest BCUT2D eigenvalue weighted by Gasteiger charge is -2.10. The molecule has 64 valence electrons. The van der Waals surface area contributed by atoms with Crippen molar-refractivity contribution < 1.29 is 0 Å². The Balaban J connectivity index is 2.45. The maximum atomic E-state index is 5.88. The van der Waals surface area contributed by atoms with Crippen LogP contribution in [0.25, 0.3) is 0 Å². The third-order valence-corrected chi connectivity index (χ3v) is 4.90. The van der Waals surface area contributed by atoms with Crippen molar-refractivity contribution in [2.45, 2.75) is 0 Å². The highest BCUT2D eigenvalue weighted by atomic mass is 32.2. The van der Waals surface area contributed by atoms with Crippen LogP contribution in [0, 0.1) is 0 Å². The number of hydrogen-bond donors (Lipinski definition) is 0. The normalized spacial score (nSPS) is 31.5. The van der Waals surface area contributed by atoms with Crippen LogP contribution in [-0.4, -0.2) is 19.6 Å². The molecule has 0 spiro atoms. The Morgan fingerprint density at radius 3 is 2.38 bits per heavy atom. The van der Waals surface area contributed by atoms with E-state index in [1.54, 1.807) is 0 Å². The minimum absolute atomic E-state index is 0.0222. The molecule has 0 aromatic heterocycles. The Kier molecular flexibility index (Phi) is 2.30. The van der Waals surface area contributed by atoms with E-state index in [-0.39, 0.29) is 21.0 Å². The Bertz CT molecular complexity index is 422. The van der Waals surface area contributed by atoms with Crippen LogP contribution in [0.3, 0.4) is 0 Å². The first-order valence-corrected chi connectivity index (χ1v) is 6.74. The van der Waals surface area contributed by atoms with Gasteiger partial charge in [-0.05, 0) is 16.9 Å². The summed E-state index contributed by atoms with van der Waals surface area (Å²) in [5.74, 6) is 8.12. The van der Waals surface area contributed by atoms with Crippen LogP contribution in [0.15, 0.2) is 44.3 Å². The lowest BCUT2D eigenvalue weighted by atomic mass is 9.95. The summed E-state index contributed by atoms with van der Waals surface area (Å²) in [4.78, 5) is 2.43. The highest BCUT2D eigenvalue weighted by Crippen LogP contribution is 2.47. The predicted molar refractivity (Wildman–Crippen MR) is 68.6 cm³/mol. The minimum atomic E-state index is -0.0685. The van der Waals surface area contributed by atoms with Crippen LogP contribution in [0.4, 0.5) is 0 Å². The van der Waals surface area contributed by atoms with Crippen molar-refractivity contribution in [1.29, 1.82) is 0 Å². The van der Waals surface area contributed by atoms with Gasteiger partial charge in [0.1, 0.15) is 7.85 Å². The summed E-state index contributed by atoms with van der Waals surface area (Å²) < 4.78 is 0. The predicted octanol–water partition coefficient (Wildman–Crippen LogP) is 2.71. The molecule has 0 aliphatic carbocycles. The molecular formula is C10H9BS2. The molecule has 2 rings (SSSR count). The van der Waals surface area contributed by atoms with Crippen molar-refractivity contribution in [2.24, 2.45) is 0 Å². The molecule has 2 heterocycles. The van der Waals surface area contributed by atoms with E-state index in [1.807, 2.05) is 12.2 Å². The Morgan fingerprint density at radius 2 is 1.92 bits per heavy atom. The monoisotopic (exact) mass is 204 g/mol. The summed E-state index contributed by atoms with van der Waals surface area (Å²) in [5, 5.41) is 4.16. The van der Waals surface area contributed by atoms with Crippen LogP contribution >= 0.6 is 21.0 Å². The summed E-state index contributed by atoms with van der Waals surface area (Å²) in [6.07, 6.45) is 6.08. The molecule has 2 aliphatic heterocycles. The summed E-state index contributed by atoms with van der Waals surface area (Å²) in [6, 6.07) is 0. The highest BCUT2D eigenvalue weighted by molar-refractivity contribution is 8.25. The molecule has 0 saturated carbocycles. The molecule has 2 unspecified atom stereocenters. The first-order chi connectivity index (χ1) is 6.20. The lowest BCUT2D eigenvalue weighted by molar-refractivity contribution is 1.81. The summed E-state index contributed by atoms with van der Waals surface area (Å²) in [6.45, 7) is 0. The third-order valence-electron chi connectivity index (χ3n) is 1.93. The number of hydrogen-bond acceptors (Lipinski definition) is 0. The lowest BCUT2D eigenvalue weighted by Crippen LogP contribution is -1.84. The van der Waals surface area contributed by atoms with Gasteiger partial charge in [-0.1, -0.05) is 29.4 Å². The van der Waals surface area contributed by atoms with E-state index in [0.717, 1.165) is 5.47 Å². The standard InChI is InChI=1S/C10H9BS2/c1-12-6-3-4-9(12)10-8(11)5-7-13(10)2/h3-7H,1-2H2. The number of allylic oxidation sites excluding steroid dienone is 4. The van der Waals surface area contributed by atoms with Crippen molar-refractivity contribution >= 4 is 40.6 Å². The smallest absolute Gasteiger partial charge is 0.115 e. The Morgan fingerprint density at radius 1 is 1.15 bits per heavy atom. The second-order valence-electron chi connectivity index (χ2n) is 2.80. The summed E-state index contributed by atoms with van der Waals surface area (Å²) in [7, 11) is 5.79. The first-order valence-electron chi connectivity index (χ1n) is 3.82. The summed E-state index contributed by atoms with van der Waals surface area (Å²) >= 11 is 0. The molecule has 0 aromatic carbocycles. The van der Waals surface area contributed by atoms with E-state index in [9.17, 15) is 0 Å². The highest BCUT2D eigenvalue weighted by Gasteiger charge is 2.15. The van der Waals surface area contributed by atoms with E-state index in [1.165, 1.54) is 9.81 Å². The van der Waals surface area contributed by atoms with E-state index in [2.05, 4.69) is 28.6 Å². The molecular weight excluding hydrogens is 195 g/mol. The van der Waals surface area contributed by atoms with Gasteiger partial charge in [-0.3, -0.25) is 0 Å². The molecule has 13 heavy (non-hydrogen) atoms. The molecule has 0 N–H and O–H groups in total. The van der Waals surface area contributed by atoms with Gasteiger partial charge in [0.2, 0.25) is 0 Å². The zero-order chi connectivity index (χ0) is 9.42. The topological polar surface area (TPSA) is 0 Å². The molecule has 2 aliphatic rings. The van der Waals surface area contributed by atoms with Crippen LogP contribution < -0.4 is 0 Å². The van der Waals surface area contributed by atoms with Crippen molar-refractivity contribution in [1.82, 2.24) is 0 Å². The molecule has 3 heteroatoms. The van der Waals surface area contributed by atoms with Gasteiger partial charge in [0, 0.05) is 9.81 Å². The molecule has 2 radical (unpaired) electrons. The van der Waals surface area contributed by atoms with Gasteiger partial charge in [-0.2, -0.15) is 0 Å². The van der Waals surface area contributed by atoms with Crippen molar-refractivity contribution in [3.05, 3.63) is 44.3 Å². The molecule has 0 fully saturated rings. The fourth-order valence-electron chi connectivity index (χ4n) is 1.30. The largest absolute Gasteiger partial charge is 0.138 e. The van der Waals surface area contributed by atoms with E-state index in [4.69, 9.17) is 7.85 Å². The third kappa shape index (κ3) is 1.47. The quantitative estimate of drug-likeness (QED) is 0.455. The zero-order valence-corrected chi connectivity index (χ0v) is 8.83. The number of rotatable bonds is 1. The van der Waals surface area contributed by atoms with Crippen LogP contribution in [0.1, 0.15) is 0 Å². The first kappa shape index (κ1) is 9.04. The Labute approximate surface area is 85.0 Å². The molecule has 0 nitrogen and oxygen atoms in total. The van der Waals surface area contributed by atoms with Gasteiger partial charge in [-0.25, -0.2) is 0 Å².